The van der Waals surface area contributed by atoms with Crippen LogP contribution in [0.15, 0.2) is 66.9 Å². The highest BCUT2D eigenvalue weighted by atomic mass is 16.6. The van der Waals surface area contributed by atoms with Gasteiger partial charge in [-0.05, 0) is 68.2 Å². The number of hydrogen-bond acceptors (Lipinski definition) is 6. The third-order valence-corrected chi connectivity index (χ3v) is 6.04. The Kier molecular flexibility index (Phi) is 7.49. The summed E-state index contributed by atoms with van der Waals surface area (Å²) in [6.07, 6.45) is 4.21. The van der Waals surface area contributed by atoms with Gasteiger partial charge in [0, 0.05) is 30.9 Å². The van der Waals surface area contributed by atoms with Crippen LogP contribution in [0.5, 0.6) is 0 Å². The van der Waals surface area contributed by atoms with E-state index in [2.05, 4.69) is 32.7 Å². The molecule has 176 valence electrons. The lowest BCUT2D eigenvalue weighted by Crippen LogP contribution is -2.23. The summed E-state index contributed by atoms with van der Waals surface area (Å²) in [5, 5.41) is 17.6. The van der Waals surface area contributed by atoms with Crippen molar-refractivity contribution in [1.29, 1.82) is 0 Å². The number of carbonyl (C=O) groups excluding carboxylic acids is 1. The molecule has 1 atom stereocenters. The maximum atomic E-state index is 12.7. The van der Waals surface area contributed by atoms with Crippen molar-refractivity contribution in [3.05, 3.63) is 99.4 Å². The molecule has 8 heteroatoms. The average Bonchev–Trinajstić information content (AvgIpc) is 3.37. The van der Waals surface area contributed by atoms with Crippen molar-refractivity contribution >= 4 is 17.3 Å². The highest BCUT2D eigenvalue weighted by Crippen LogP contribution is 2.29. The highest BCUT2D eigenvalue weighted by Gasteiger charge is 2.20. The highest BCUT2D eigenvalue weighted by molar-refractivity contribution is 5.95. The van der Waals surface area contributed by atoms with Crippen LogP contribution < -0.4 is 10.6 Å². The van der Waals surface area contributed by atoms with Crippen molar-refractivity contribution in [2.45, 2.75) is 38.9 Å². The van der Waals surface area contributed by atoms with E-state index in [1.165, 1.54) is 24.5 Å². The van der Waals surface area contributed by atoms with Gasteiger partial charge in [0.15, 0.2) is 0 Å². The maximum Gasteiger partial charge on any atom is 0.293 e. The molecule has 1 unspecified atom stereocenters. The molecule has 0 aliphatic carbocycles. The molecule has 2 N–H and O–H groups in total. The van der Waals surface area contributed by atoms with Crippen molar-refractivity contribution in [1.82, 2.24) is 15.2 Å². The van der Waals surface area contributed by atoms with Gasteiger partial charge in [-0.1, -0.05) is 30.3 Å². The molecule has 3 aromatic rings. The molecule has 34 heavy (non-hydrogen) atoms. The number of nitrogens with one attached hydrogen (secondary N) is 2. The minimum Gasteiger partial charge on any atom is -0.371 e. The summed E-state index contributed by atoms with van der Waals surface area (Å²) in [7, 11) is 0. The number of likely N-dealkylation sites (tertiary alicyclic amines) is 1. The summed E-state index contributed by atoms with van der Waals surface area (Å²) in [5.41, 5.74) is 3.44. The fourth-order valence-corrected chi connectivity index (χ4v) is 4.13. The van der Waals surface area contributed by atoms with Crippen LogP contribution in [0.2, 0.25) is 0 Å². The molecule has 0 spiro atoms. The minimum atomic E-state index is -0.483. The van der Waals surface area contributed by atoms with E-state index in [-0.39, 0.29) is 23.2 Å². The normalized spacial score (nSPS) is 14.5. The number of anilines is 1. The average molecular weight is 460 g/mol. The van der Waals surface area contributed by atoms with Gasteiger partial charge in [0.1, 0.15) is 5.69 Å². The maximum absolute atomic E-state index is 12.7. The molecule has 1 saturated heterocycles. The van der Waals surface area contributed by atoms with Gasteiger partial charge in [0.25, 0.3) is 11.6 Å². The Morgan fingerprint density at radius 3 is 2.50 bits per heavy atom. The van der Waals surface area contributed by atoms with Gasteiger partial charge < -0.3 is 10.6 Å². The van der Waals surface area contributed by atoms with Crippen molar-refractivity contribution in [3.63, 3.8) is 0 Å². The Balaban J connectivity index is 1.37. The van der Waals surface area contributed by atoms with Gasteiger partial charge in [-0.3, -0.25) is 24.8 Å². The van der Waals surface area contributed by atoms with E-state index in [1.54, 1.807) is 18.3 Å². The number of hydrogen-bond donors (Lipinski definition) is 2. The van der Waals surface area contributed by atoms with Crippen molar-refractivity contribution in [2.75, 3.05) is 18.4 Å². The van der Waals surface area contributed by atoms with E-state index in [4.69, 9.17) is 0 Å². The van der Waals surface area contributed by atoms with Crippen LogP contribution in [-0.2, 0) is 13.1 Å². The summed E-state index contributed by atoms with van der Waals surface area (Å²) in [4.78, 5) is 30.6. The number of amides is 1. The van der Waals surface area contributed by atoms with E-state index in [1.807, 2.05) is 37.3 Å². The first kappa shape index (κ1) is 23.4. The third-order valence-electron chi connectivity index (χ3n) is 6.04. The van der Waals surface area contributed by atoms with Gasteiger partial charge in [0.05, 0.1) is 16.7 Å². The van der Waals surface area contributed by atoms with Crippen LogP contribution in [0, 0.1) is 10.1 Å². The first-order valence-electron chi connectivity index (χ1n) is 11.5. The molecule has 1 fully saturated rings. The molecule has 1 aliphatic rings. The van der Waals surface area contributed by atoms with E-state index in [0.717, 1.165) is 30.9 Å². The molecule has 0 bridgehead atoms. The van der Waals surface area contributed by atoms with Crippen molar-refractivity contribution in [2.24, 2.45) is 0 Å². The number of benzene rings is 2. The van der Waals surface area contributed by atoms with E-state index < -0.39 is 4.92 Å². The third kappa shape index (κ3) is 5.96. The SMILES string of the molecule is CC(Nc1ccc(C(=O)NCc2ccc(CN3CCCC3)cc2)cc1[N+](=O)[O-])c1ccccn1. The zero-order chi connectivity index (χ0) is 23.9. The molecule has 0 saturated carbocycles. The van der Waals surface area contributed by atoms with Gasteiger partial charge >= 0.3 is 0 Å². The summed E-state index contributed by atoms with van der Waals surface area (Å²) >= 11 is 0. The lowest BCUT2D eigenvalue weighted by atomic mass is 10.1. The van der Waals surface area contributed by atoms with Gasteiger partial charge in [0.2, 0.25) is 0 Å². The second-order valence-corrected chi connectivity index (χ2v) is 8.59. The number of nitro benzene ring substituents is 1. The Morgan fingerprint density at radius 2 is 1.82 bits per heavy atom. The Labute approximate surface area is 199 Å². The Bertz CT molecular complexity index is 1130. The fraction of sp³-hybridized carbons (Fsp3) is 0.308. The number of nitrogens with zero attached hydrogens (tertiary/aromatic N) is 3. The number of aromatic nitrogens is 1. The molecule has 0 radical (unpaired) electrons. The van der Waals surface area contributed by atoms with Crippen LogP contribution in [0.4, 0.5) is 11.4 Å². The quantitative estimate of drug-likeness (QED) is 0.356. The molecule has 1 amide bonds. The number of carbonyl (C=O) groups is 1. The molecular formula is C26H29N5O3. The Morgan fingerprint density at radius 1 is 1.09 bits per heavy atom. The summed E-state index contributed by atoms with van der Waals surface area (Å²) in [5.74, 6) is -0.353. The van der Waals surface area contributed by atoms with Gasteiger partial charge in [-0.15, -0.1) is 0 Å². The van der Waals surface area contributed by atoms with Crippen LogP contribution in [0.25, 0.3) is 0 Å². The molecule has 2 heterocycles. The standard InChI is InChI=1S/C26H29N5O3/c1-19(23-6-2-3-13-27-23)29-24-12-11-22(16-25(24)31(33)34)26(32)28-17-20-7-9-21(10-8-20)18-30-14-4-5-15-30/h2-3,6-13,16,19,29H,4-5,14-15,17-18H2,1H3,(H,28,32). The zero-order valence-electron chi connectivity index (χ0n) is 19.2. The van der Waals surface area contributed by atoms with Gasteiger partial charge in [-0.25, -0.2) is 0 Å². The predicted molar refractivity (Wildman–Crippen MR) is 131 cm³/mol. The van der Waals surface area contributed by atoms with E-state index in [0.29, 0.717) is 12.2 Å². The van der Waals surface area contributed by atoms with Crippen molar-refractivity contribution in [3.8, 4) is 0 Å². The van der Waals surface area contributed by atoms with E-state index >= 15 is 0 Å². The summed E-state index contributed by atoms with van der Waals surface area (Å²) < 4.78 is 0. The molecule has 2 aromatic carbocycles. The van der Waals surface area contributed by atoms with Crippen LogP contribution in [0.3, 0.4) is 0 Å². The first-order valence-corrected chi connectivity index (χ1v) is 11.5. The number of rotatable bonds is 9. The lowest BCUT2D eigenvalue weighted by Gasteiger charge is -2.15. The number of pyridine rings is 1. The molecular weight excluding hydrogens is 430 g/mol. The van der Waals surface area contributed by atoms with E-state index in [9.17, 15) is 14.9 Å². The second kappa shape index (κ2) is 10.9. The Hall–Kier alpha value is -3.78. The zero-order valence-corrected chi connectivity index (χ0v) is 19.2. The first-order chi connectivity index (χ1) is 16.5. The lowest BCUT2D eigenvalue weighted by molar-refractivity contribution is -0.384. The molecule has 1 aliphatic heterocycles. The predicted octanol–water partition coefficient (Wildman–Crippen LogP) is 4.69. The van der Waals surface area contributed by atoms with Crippen molar-refractivity contribution < 1.29 is 9.72 Å². The topological polar surface area (TPSA) is 100 Å². The summed E-state index contributed by atoms with van der Waals surface area (Å²) in [6.45, 7) is 5.49. The van der Waals surface area contributed by atoms with Gasteiger partial charge in [-0.2, -0.15) is 0 Å². The van der Waals surface area contributed by atoms with Crippen LogP contribution in [0.1, 0.15) is 53.0 Å². The minimum absolute atomic E-state index is 0.151. The molecule has 4 rings (SSSR count). The van der Waals surface area contributed by atoms with Crippen LogP contribution >= 0.6 is 0 Å². The number of nitro groups is 1. The molecule has 8 nitrogen and oxygen atoms in total. The largest absolute Gasteiger partial charge is 0.371 e. The van der Waals surface area contributed by atoms with Crippen LogP contribution in [-0.4, -0.2) is 33.8 Å². The smallest absolute Gasteiger partial charge is 0.293 e. The monoisotopic (exact) mass is 459 g/mol. The second-order valence-electron chi connectivity index (χ2n) is 8.59. The summed E-state index contributed by atoms with van der Waals surface area (Å²) in [6, 6.07) is 18.0. The fourth-order valence-electron chi connectivity index (χ4n) is 4.13. The molecule has 1 aromatic heterocycles.